The molecule has 0 aliphatic carbocycles. The van der Waals surface area contributed by atoms with Gasteiger partial charge in [0.1, 0.15) is 0 Å². The Balaban J connectivity index is 2.13. The predicted octanol–water partition coefficient (Wildman–Crippen LogP) is 3.83. The fraction of sp³-hybridized carbons (Fsp3) is 0.294. The summed E-state index contributed by atoms with van der Waals surface area (Å²) in [5.74, 6) is -0.437. The number of aryl methyl sites for hydroxylation is 1. The van der Waals surface area contributed by atoms with E-state index in [1.54, 1.807) is 38.1 Å². The minimum atomic E-state index is -0.196. The van der Waals surface area contributed by atoms with Gasteiger partial charge in [-0.2, -0.15) is 0 Å². The van der Waals surface area contributed by atoms with Gasteiger partial charge in [0, 0.05) is 30.5 Å². The summed E-state index contributed by atoms with van der Waals surface area (Å²) in [4.78, 5) is 24.0. The number of anilines is 2. The number of carbonyl (C=O) groups is 2. The third-order valence-corrected chi connectivity index (χ3v) is 3.95. The molecule has 0 bridgehead atoms. The molecule has 0 radical (unpaired) electrons. The van der Waals surface area contributed by atoms with Crippen molar-refractivity contribution in [1.82, 2.24) is 4.57 Å². The van der Waals surface area contributed by atoms with E-state index >= 15 is 0 Å². The van der Waals surface area contributed by atoms with Crippen molar-refractivity contribution in [3.63, 3.8) is 0 Å². The highest BCUT2D eigenvalue weighted by Gasteiger charge is 2.13. The number of aromatic nitrogens is 1. The van der Waals surface area contributed by atoms with E-state index in [1.807, 2.05) is 24.7 Å². The number of halogens is 1. The van der Waals surface area contributed by atoms with Crippen LogP contribution in [0.4, 0.5) is 11.4 Å². The second-order valence-corrected chi connectivity index (χ2v) is 6.13. The van der Waals surface area contributed by atoms with Crippen molar-refractivity contribution < 1.29 is 9.59 Å². The third-order valence-electron chi connectivity index (χ3n) is 3.64. The van der Waals surface area contributed by atoms with Crippen LogP contribution in [-0.4, -0.2) is 16.4 Å². The van der Waals surface area contributed by atoms with Gasteiger partial charge in [0.05, 0.1) is 16.3 Å². The maximum absolute atomic E-state index is 12.3. The van der Waals surface area contributed by atoms with E-state index in [4.69, 9.17) is 11.6 Å². The molecule has 0 spiro atoms. The molecule has 0 unspecified atom stereocenters. The average molecular weight is 334 g/mol. The lowest BCUT2D eigenvalue weighted by Crippen LogP contribution is -2.18. The summed E-state index contributed by atoms with van der Waals surface area (Å²) in [6.07, 6.45) is 1.84. The van der Waals surface area contributed by atoms with Crippen molar-refractivity contribution >= 4 is 34.8 Å². The van der Waals surface area contributed by atoms with Crippen LogP contribution in [0.3, 0.4) is 0 Å². The minimum absolute atomic E-state index is 0.108. The van der Waals surface area contributed by atoms with Crippen molar-refractivity contribution in [1.29, 1.82) is 0 Å². The van der Waals surface area contributed by atoms with Crippen molar-refractivity contribution in [2.75, 3.05) is 10.6 Å². The van der Waals surface area contributed by atoms with Crippen LogP contribution in [0.15, 0.2) is 30.5 Å². The standard InChI is InChI=1S/C17H20ClN3O2/c1-10(2)16(22)20-15-6-5-12(9-14(15)18)19-17(23)13-7-8-21(4)11(13)3/h5-10H,1-4H3,(H,19,23)(H,20,22). The first-order valence-corrected chi connectivity index (χ1v) is 7.71. The molecule has 6 heteroatoms. The topological polar surface area (TPSA) is 63.1 Å². The molecule has 1 aromatic carbocycles. The van der Waals surface area contributed by atoms with E-state index in [9.17, 15) is 9.59 Å². The number of carbonyl (C=O) groups excluding carboxylic acids is 2. The molecule has 0 aliphatic rings. The number of amides is 2. The Labute approximate surface area is 140 Å². The Morgan fingerprint density at radius 2 is 1.87 bits per heavy atom. The zero-order chi connectivity index (χ0) is 17.1. The molecule has 0 atom stereocenters. The van der Waals surface area contributed by atoms with Crippen LogP contribution < -0.4 is 10.6 Å². The molecule has 5 nitrogen and oxygen atoms in total. The number of hydrogen-bond acceptors (Lipinski definition) is 2. The van der Waals surface area contributed by atoms with Gasteiger partial charge in [0.2, 0.25) is 5.91 Å². The third kappa shape index (κ3) is 3.93. The van der Waals surface area contributed by atoms with E-state index < -0.39 is 0 Å². The van der Waals surface area contributed by atoms with Crippen LogP contribution in [0.1, 0.15) is 29.9 Å². The van der Waals surface area contributed by atoms with E-state index in [2.05, 4.69) is 10.6 Å². The van der Waals surface area contributed by atoms with Gasteiger partial charge in [-0.05, 0) is 31.2 Å². The van der Waals surface area contributed by atoms with Gasteiger partial charge in [-0.15, -0.1) is 0 Å². The lowest BCUT2D eigenvalue weighted by atomic mass is 10.2. The van der Waals surface area contributed by atoms with E-state index in [-0.39, 0.29) is 17.7 Å². The molecular formula is C17H20ClN3O2. The normalized spacial score (nSPS) is 10.7. The molecular weight excluding hydrogens is 314 g/mol. The van der Waals surface area contributed by atoms with Gasteiger partial charge in [0.15, 0.2) is 0 Å². The van der Waals surface area contributed by atoms with Crippen LogP contribution in [0.2, 0.25) is 5.02 Å². The number of hydrogen-bond donors (Lipinski definition) is 2. The molecule has 0 fully saturated rings. The maximum Gasteiger partial charge on any atom is 0.257 e. The van der Waals surface area contributed by atoms with Crippen LogP contribution >= 0.6 is 11.6 Å². The quantitative estimate of drug-likeness (QED) is 0.893. The first kappa shape index (κ1) is 17.1. The van der Waals surface area contributed by atoms with Crippen molar-refractivity contribution in [2.24, 2.45) is 13.0 Å². The number of benzene rings is 1. The van der Waals surface area contributed by atoms with Crippen LogP contribution in [-0.2, 0) is 11.8 Å². The second-order valence-electron chi connectivity index (χ2n) is 5.72. The fourth-order valence-corrected chi connectivity index (χ4v) is 2.25. The molecule has 0 saturated carbocycles. The van der Waals surface area contributed by atoms with E-state index in [1.165, 1.54) is 0 Å². The highest BCUT2D eigenvalue weighted by Crippen LogP contribution is 2.26. The Morgan fingerprint density at radius 3 is 2.39 bits per heavy atom. The summed E-state index contributed by atoms with van der Waals surface area (Å²) in [7, 11) is 1.88. The molecule has 0 saturated heterocycles. The van der Waals surface area contributed by atoms with Gasteiger partial charge < -0.3 is 15.2 Å². The summed E-state index contributed by atoms with van der Waals surface area (Å²) in [6.45, 7) is 5.49. The molecule has 122 valence electrons. The summed E-state index contributed by atoms with van der Waals surface area (Å²) in [6, 6.07) is 6.77. The van der Waals surface area contributed by atoms with Crippen molar-refractivity contribution in [2.45, 2.75) is 20.8 Å². The molecule has 23 heavy (non-hydrogen) atoms. The fourth-order valence-electron chi connectivity index (χ4n) is 2.02. The van der Waals surface area contributed by atoms with Gasteiger partial charge in [-0.3, -0.25) is 9.59 Å². The highest BCUT2D eigenvalue weighted by molar-refractivity contribution is 6.34. The minimum Gasteiger partial charge on any atom is -0.354 e. The zero-order valence-corrected chi connectivity index (χ0v) is 14.4. The summed E-state index contributed by atoms with van der Waals surface area (Å²) in [5, 5.41) is 5.93. The van der Waals surface area contributed by atoms with Crippen LogP contribution in [0, 0.1) is 12.8 Å². The Morgan fingerprint density at radius 1 is 1.17 bits per heavy atom. The van der Waals surface area contributed by atoms with Crippen molar-refractivity contribution in [3.05, 3.63) is 46.7 Å². The van der Waals surface area contributed by atoms with E-state index in [0.29, 0.717) is 22.0 Å². The monoisotopic (exact) mass is 333 g/mol. The molecule has 0 aliphatic heterocycles. The first-order valence-electron chi connectivity index (χ1n) is 7.33. The Kier molecular flexibility index (Phi) is 5.11. The zero-order valence-electron chi connectivity index (χ0n) is 13.6. The van der Waals surface area contributed by atoms with Gasteiger partial charge in [0.25, 0.3) is 5.91 Å². The molecule has 2 aromatic rings. The van der Waals surface area contributed by atoms with Crippen molar-refractivity contribution in [3.8, 4) is 0 Å². The van der Waals surface area contributed by atoms with Gasteiger partial charge >= 0.3 is 0 Å². The summed E-state index contributed by atoms with van der Waals surface area (Å²) >= 11 is 6.17. The lowest BCUT2D eigenvalue weighted by molar-refractivity contribution is -0.118. The largest absolute Gasteiger partial charge is 0.354 e. The highest BCUT2D eigenvalue weighted by atomic mass is 35.5. The molecule has 1 heterocycles. The molecule has 2 N–H and O–H groups in total. The smallest absolute Gasteiger partial charge is 0.257 e. The Bertz CT molecular complexity index is 750. The van der Waals surface area contributed by atoms with Gasteiger partial charge in [-0.25, -0.2) is 0 Å². The number of nitrogens with zero attached hydrogens (tertiary/aromatic N) is 1. The molecule has 2 rings (SSSR count). The van der Waals surface area contributed by atoms with E-state index in [0.717, 1.165) is 5.69 Å². The lowest BCUT2D eigenvalue weighted by Gasteiger charge is -2.11. The molecule has 2 amide bonds. The summed E-state index contributed by atoms with van der Waals surface area (Å²) in [5.41, 5.74) is 2.60. The Hall–Kier alpha value is -2.27. The van der Waals surface area contributed by atoms with Crippen LogP contribution in [0.25, 0.3) is 0 Å². The maximum atomic E-state index is 12.3. The predicted molar refractivity (Wildman–Crippen MR) is 93.0 cm³/mol. The summed E-state index contributed by atoms with van der Waals surface area (Å²) < 4.78 is 1.88. The molecule has 1 aromatic heterocycles. The number of rotatable bonds is 4. The second kappa shape index (κ2) is 6.87. The van der Waals surface area contributed by atoms with Gasteiger partial charge in [-0.1, -0.05) is 25.4 Å². The first-order chi connectivity index (χ1) is 10.8. The average Bonchev–Trinajstić information content (AvgIpc) is 2.81. The van der Waals surface area contributed by atoms with Crippen LogP contribution in [0.5, 0.6) is 0 Å². The number of nitrogens with one attached hydrogen (secondary N) is 2. The SMILES string of the molecule is Cc1c(C(=O)Nc2ccc(NC(=O)C(C)C)c(Cl)c2)ccn1C.